The molecule has 3 rings (SSSR count). The standard InChI is InChI=1S/C21H28N6O4S/c1-29-10-8-23-19-15-13-24-27(20(15)26-21(25-19)32-4)9-7-22-18(28)12-14-5-6-16(30-2)17(11-14)31-3/h5-6,11,13H,7-10,12H2,1-4H3,(H,22,28)(H,23,25,26). The predicted octanol–water partition coefficient (Wildman–Crippen LogP) is 1.98. The summed E-state index contributed by atoms with van der Waals surface area (Å²) in [4.78, 5) is 21.5. The number of carbonyl (C=O) groups excluding carboxylic acids is 1. The zero-order valence-electron chi connectivity index (χ0n) is 18.7. The van der Waals surface area contributed by atoms with Gasteiger partial charge in [0.25, 0.3) is 0 Å². The number of rotatable bonds is 12. The number of aromatic nitrogens is 4. The highest BCUT2D eigenvalue weighted by Crippen LogP contribution is 2.27. The number of carbonyl (C=O) groups is 1. The fraction of sp³-hybridized carbons (Fsp3) is 0.429. The van der Waals surface area contributed by atoms with Crippen molar-refractivity contribution in [2.45, 2.75) is 18.1 Å². The molecule has 2 N–H and O–H groups in total. The van der Waals surface area contributed by atoms with Gasteiger partial charge in [0.05, 0.1) is 45.4 Å². The van der Waals surface area contributed by atoms with E-state index in [1.165, 1.54) is 11.8 Å². The van der Waals surface area contributed by atoms with Crippen LogP contribution in [0.15, 0.2) is 29.6 Å². The molecule has 172 valence electrons. The van der Waals surface area contributed by atoms with Crippen LogP contribution in [0.5, 0.6) is 11.5 Å². The first kappa shape index (κ1) is 23.6. The number of fused-ring (bicyclic) bond motifs is 1. The van der Waals surface area contributed by atoms with E-state index in [-0.39, 0.29) is 12.3 Å². The van der Waals surface area contributed by atoms with Gasteiger partial charge in [-0.25, -0.2) is 14.6 Å². The lowest BCUT2D eigenvalue weighted by atomic mass is 10.1. The molecule has 0 aliphatic rings. The van der Waals surface area contributed by atoms with Gasteiger partial charge in [-0.3, -0.25) is 4.79 Å². The number of nitrogens with zero attached hydrogens (tertiary/aromatic N) is 4. The van der Waals surface area contributed by atoms with Crippen LogP contribution in [0.25, 0.3) is 11.0 Å². The number of anilines is 1. The third-order valence-corrected chi connectivity index (χ3v) is 5.26. The van der Waals surface area contributed by atoms with E-state index in [0.717, 1.165) is 22.4 Å². The van der Waals surface area contributed by atoms with E-state index >= 15 is 0 Å². The maximum Gasteiger partial charge on any atom is 0.224 e. The lowest BCUT2D eigenvalue weighted by Gasteiger charge is -2.10. The molecule has 10 nitrogen and oxygen atoms in total. The van der Waals surface area contributed by atoms with Crippen LogP contribution in [0.2, 0.25) is 0 Å². The topological polar surface area (TPSA) is 112 Å². The Bertz CT molecular complexity index is 1060. The molecule has 1 aromatic carbocycles. The minimum absolute atomic E-state index is 0.0879. The summed E-state index contributed by atoms with van der Waals surface area (Å²) in [5.41, 5.74) is 1.56. The monoisotopic (exact) mass is 460 g/mol. The van der Waals surface area contributed by atoms with Crippen LogP contribution in [0.1, 0.15) is 5.56 Å². The van der Waals surface area contributed by atoms with Crippen molar-refractivity contribution in [3.63, 3.8) is 0 Å². The van der Waals surface area contributed by atoms with Crippen molar-refractivity contribution in [1.29, 1.82) is 0 Å². The Morgan fingerprint density at radius 2 is 1.94 bits per heavy atom. The normalized spacial score (nSPS) is 10.9. The molecular formula is C21H28N6O4S. The van der Waals surface area contributed by atoms with Gasteiger partial charge in [-0.2, -0.15) is 5.10 Å². The summed E-state index contributed by atoms with van der Waals surface area (Å²) in [7, 11) is 4.80. The first-order valence-electron chi connectivity index (χ1n) is 10.1. The number of benzene rings is 1. The van der Waals surface area contributed by atoms with E-state index < -0.39 is 0 Å². The van der Waals surface area contributed by atoms with E-state index in [0.29, 0.717) is 42.9 Å². The molecule has 2 aromatic heterocycles. The van der Waals surface area contributed by atoms with E-state index in [1.54, 1.807) is 44.3 Å². The molecule has 2 heterocycles. The first-order chi connectivity index (χ1) is 15.6. The molecule has 0 aliphatic heterocycles. The molecule has 0 bridgehead atoms. The second kappa shape index (κ2) is 11.5. The molecular weight excluding hydrogens is 432 g/mol. The van der Waals surface area contributed by atoms with E-state index in [2.05, 4.69) is 25.7 Å². The molecule has 0 aliphatic carbocycles. The highest BCUT2D eigenvalue weighted by molar-refractivity contribution is 7.98. The maximum atomic E-state index is 12.4. The van der Waals surface area contributed by atoms with E-state index in [9.17, 15) is 4.79 Å². The first-order valence-corrected chi connectivity index (χ1v) is 11.3. The molecule has 11 heteroatoms. The summed E-state index contributed by atoms with van der Waals surface area (Å²) >= 11 is 1.46. The van der Waals surface area contributed by atoms with Gasteiger partial charge >= 0.3 is 0 Å². The Balaban J connectivity index is 1.62. The Morgan fingerprint density at radius 1 is 1.12 bits per heavy atom. The molecule has 0 atom stereocenters. The highest BCUT2D eigenvalue weighted by atomic mass is 32.2. The summed E-state index contributed by atoms with van der Waals surface area (Å²) < 4.78 is 17.4. The van der Waals surface area contributed by atoms with Crippen molar-refractivity contribution in [3.05, 3.63) is 30.0 Å². The third kappa shape index (κ3) is 5.80. The number of hydrogen-bond acceptors (Lipinski definition) is 9. The van der Waals surface area contributed by atoms with Crippen molar-refractivity contribution < 1.29 is 19.0 Å². The molecule has 0 radical (unpaired) electrons. The van der Waals surface area contributed by atoms with Crippen LogP contribution in [-0.2, 0) is 22.5 Å². The lowest BCUT2D eigenvalue weighted by Crippen LogP contribution is -2.29. The number of thioether (sulfide) groups is 1. The molecule has 0 unspecified atom stereocenters. The molecule has 32 heavy (non-hydrogen) atoms. The fourth-order valence-corrected chi connectivity index (χ4v) is 3.50. The summed E-state index contributed by atoms with van der Waals surface area (Å²) in [6.45, 7) is 2.12. The van der Waals surface area contributed by atoms with Gasteiger partial charge in [-0.05, 0) is 24.0 Å². The van der Waals surface area contributed by atoms with Crippen molar-refractivity contribution >= 4 is 34.5 Å². The lowest BCUT2D eigenvalue weighted by molar-refractivity contribution is -0.120. The van der Waals surface area contributed by atoms with Crippen molar-refractivity contribution in [3.8, 4) is 11.5 Å². The van der Waals surface area contributed by atoms with Gasteiger partial charge in [-0.15, -0.1) is 0 Å². The average molecular weight is 461 g/mol. The van der Waals surface area contributed by atoms with Crippen LogP contribution >= 0.6 is 11.8 Å². The summed E-state index contributed by atoms with van der Waals surface area (Å²) in [5.74, 6) is 1.86. The van der Waals surface area contributed by atoms with E-state index in [1.807, 2.05) is 12.3 Å². The number of hydrogen-bond donors (Lipinski definition) is 2. The van der Waals surface area contributed by atoms with Gasteiger partial charge in [0.15, 0.2) is 22.3 Å². The van der Waals surface area contributed by atoms with Gasteiger partial charge in [0, 0.05) is 20.2 Å². The Morgan fingerprint density at radius 3 is 2.66 bits per heavy atom. The molecule has 0 saturated carbocycles. The van der Waals surface area contributed by atoms with Crippen LogP contribution in [0.3, 0.4) is 0 Å². The van der Waals surface area contributed by atoms with Crippen molar-refractivity contribution in [2.75, 3.05) is 52.6 Å². The van der Waals surface area contributed by atoms with Gasteiger partial charge in [0.1, 0.15) is 5.82 Å². The highest BCUT2D eigenvalue weighted by Gasteiger charge is 2.13. The average Bonchev–Trinajstić information content (AvgIpc) is 3.22. The van der Waals surface area contributed by atoms with Crippen molar-refractivity contribution in [1.82, 2.24) is 25.1 Å². The second-order valence-electron chi connectivity index (χ2n) is 6.80. The molecule has 3 aromatic rings. The van der Waals surface area contributed by atoms with Gasteiger partial charge in [0.2, 0.25) is 5.91 Å². The summed E-state index contributed by atoms with van der Waals surface area (Å²) in [6.07, 6.45) is 3.90. The third-order valence-electron chi connectivity index (χ3n) is 4.72. The SMILES string of the molecule is COCCNc1nc(SC)nc2c1cnn2CCNC(=O)Cc1ccc(OC)c(OC)c1. The van der Waals surface area contributed by atoms with Crippen LogP contribution < -0.4 is 20.1 Å². The summed E-state index contributed by atoms with van der Waals surface area (Å²) in [5, 5.41) is 12.1. The van der Waals surface area contributed by atoms with E-state index in [4.69, 9.17) is 14.2 Å². The quantitative estimate of drug-likeness (QED) is 0.238. The summed E-state index contributed by atoms with van der Waals surface area (Å²) in [6, 6.07) is 5.44. The van der Waals surface area contributed by atoms with Crippen LogP contribution in [-0.4, -0.2) is 72.9 Å². The zero-order chi connectivity index (χ0) is 22.9. The van der Waals surface area contributed by atoms with Gasteiger partial charge < -0.3 is 24.8 Å². The molecule has 1 amide bonds. The second-order valence-corrected chi connectivity index (χ2v) is 7.57. The smallest absolute Gasteiger partial charge is 0.224 e. The van der Waals surface area contributed by atoms with Crippen molar-refractivity contribution in [2.24, 2.45) is 0 Å². The van der Waals surface area contributed by atoms with Gasteiger partial charge in [-0.1, -0.05) is 17.8 Å². The number of ether oxygens (including phenoxy) is 3. The number of methoxy groups -OCH3 is 3. The molecule has 0 spiro atoms. The van der Waals surface area contributed by atoms with Crippen LogP contribution in [0.4, 0.5) is 5.82 Å². The van der Waals surface area contributed by atoms with Crippen LogP contribution in [0, 0.1) is 0 Å². The number of amides is 1. The Kier molecular flexibility index (Phi) is 8.51. The molecule has 0 saturated heterocycles. The predicted molar refractivity (Wildman–Crippen MR) is 124 cm³/mol. The largest absolute Gasteiger partial charge is 0.493 e. The maximum absolute atomic E-state index is 12.4. The Hall–Kier alpha value is -3.05. The fourth-order valence-electron chi connectivity index (χ4n) is 3.14. The minimum atomic E-state index is -0.0879. The minimum Gasteiger partial charge on any atom is -0.493 e. The molecule has 0 fully saturated rings. The number of nitrogens with one attached hydrogen (secondary N) is 2. The Labute approximate surface area is 191 Å². The zero-order valence-corrected chi connectivity index (χ0v) is 19.5.